The Balaban J connectivity index is 2.06. The predicted molar refractivity (Wildman–Crippen MR) is 101 cm³/mol. The summed E-state index contributed by atoms with van der Waals surface area (Å²) in [6, 6.07) is 16.7. The molecule has 0 atom stereocenters. The zero-order valence-corrected chi connectivity index (χ0v) is 15.9. The lowest BCUT2D eigenvalue weighted by Crippen LogP contribution is -2.22. The summed E-state index contributed by atoms with van der Waals surface area (Å²) in [5.74, 6) is 0. The average Bonchev–Trinajstić information content (AvgIpc) is 2.96. The van der Waals surface area contributed by atoms with Gasteiger partial charge < -0.3 is 4.57 Å². The third-order valence-electron chi connectivity index (χ3n) is 3.81. The van der Waals surface area contributed by atoms with Gasteiger partial charge in [0.05, 0.1) is 16.3 Å². The first-order valence-corrected chi connectivity index (χ1v) is 9.99. The van der Waals surface area contributed by atoms with Crippen molar-refractivity contribution in [3.05, 3.63) is 64.8 Å². The van der Waals surface area contributed by atoms with Crippen molar-refractivity contribution >= 4 is 27.0 Å². The Kier molecular flexibility index (Phi) is 4.89. The van der Waals surface area contributed by atoms with Crippen LogP contribution in [0.4, 0.5) is 5.69 Å². The van der Waals surface area contributed by atoms with Gasteiger partial charge in [0.25, 0.3) is 0 Å². The molecule has 25 heavy (non-hydrogen) atoms. The molecule has 0 saturated carbocycles. The standard InChI is InChI=1S/C18H19N3O2S2/c1-20(2)25(22,23)16-11-7-8-14(12-16)17-13-24-18(21(17)3)19-15-9-5-4-6-10-15/h4-13H,1-3H3/b19-18+. The molecule has 0 fully saturated rings. The predicted octanol–water partition coefficient (Wildman–Crippen LogP) is 3.24. The van der Waals surface area contributed by atoms with E-state index in [0.717, 1.165) is 21.7 Å². The second kappa shape index (κ2) is 6.95. The molecule has 3 aromatic rings. The number of nitrogens with zero attached hydrogens (tertiary/aromatic N) is 3. The Morgan fingerprint density at radius 1 is 1.04 bits per heavy atom. The van der Waals surface area contributed by atoms with E-state index in [1.54, 1.807) is 18.2 Å². The van der Waals surface area contributed by atoms with Crippen molar-refractivity contribution < 1.29 is 8.42 Å². The van der Waals surface area contributed by atoms with E-state index >= 15 is 0 Å². The van der Waals surface area contributed by atoms with Gasteiger partial charge in [0.2, 0.25) is 10.0 Å². The fraction of sp³-hybridized carbons (Fsp3) is 0.167. The minimum atomic E-state index is -3.46. The molecular formula is C18H19N3O2S2. The van der Waals surface area contributed by atoms with Crippen LogP contribution in [0.2, 0.25) is 0 Å². The summed E-state index contributed by atoms with van der Waals surface area (Å²) in [5, 5.41) is 1.99. The molecule has 130 valence electrons. The molecular weight excluding hydrogens is 354 g/mol. The lowest BCUT2D eigenvalue weighted by atomic mass is 10.2. The number of thiazole rings is 1. The fourth-order valence-electron chi connectivity index (χ4n) is 2.37. The topological polar surface area (TPSA) is 54.7 Å². The van der Waals surface area contributed by atoms with Crippen molar-refractivity contribution in [2.45, 2.75) is 4.90 Å². The number of rotatable bonds is 4. The molecule has 0 N–H and O–H groups in total. The van der Waals surface area contributed by atoms with Crippen LogP contribution in [-0.4, -0.2) is 31.4 Å². The van der Waals surface area contributed by atoms with Gasteiger partial charge in [-0.3, -0.25) is 0 Å². The van der Waals surface area contributed by atoms with Gasteiger partial charge in [0.1, 0.15) is 0 Å². The van der Waals surface area contributed by atoms with Gasteiger partial charge in [-0.15, -0.1) is 11.3 Å². The lowest BCUT2D eigenvalue weighted by Gasteiger charge is -2.12. The van der Waals surface area contributed by atoms with Crippen LogP contribution >= 0.6 is 11.3 Å². The molecule has 0 aliphatic heterocycles. The van der Waals surface area contributed by atoms with Crippen LogP contribution in [0.5, 0.6) is 0 Å². The molecule has 1 heterocycles. The largest absolute Gasteiger partial charge is 0.320 e. The van der Waals surface area contributed by atoms with Crippen LogP contribution in [0, 0.1) is 0 Å². The van der Waals surface area contributed by atoms with E-state index in [0.29, 0.717) is 0 Å². The smallest absolute Gasteiger partial charge is 0.242 e. The van der Waals surface area contributed by atoms with Gasteiger partial charge in [-0.2, -0.15) is 0 Å². The number of sulfonamides is 1. The SMILES string of the molecule is CN(C)S(=O)(=O)c1cccc(-c2cs/c(=N/c3ccccc3)n2C)c1. The number of benzene rings is 2. The van der Waals surface area contributed by atoms with Crippen LogP contribution in [0.3, 0.4) is 0 Å². The van der Waals surface area contributed by atoms with E-state index in [1.165, 1.54) is 29.7 Å². The summed E-state index contributed by atoms with van der Waals surface area (Å²) < 4.78 is 27.9. The van der Waals surface area contributed by atoms with Gasteiger partial charge >= 0.3 is 0 Å². The van der Waals surface area contributed by atoms with Gasteiger partial charge in [-0.25, -0.2) is 17.7 Å². The van der Waals surface area contributed by atoms with E-state index in [-0.39, 0.29) is 4.90 Å². The molecule has 5 nitrogen and oxygen atoms in total. The van der Waals surface area contributed by atoms with E-state index in [1.807, 2.05) is 53.4 Å². The molecule has 0 spiro atoms. The number of hydrogen-bond donors (Lipinski definition) is 0. The Bertz CT molecular complexity index is 1050. The Hall–Kier alpha value is -2.22. The summed E-state index contributed by atoms with van der Waals surface area (Å²) in [5.41, 5.74) is 2.65. The highest BCUT2D eigenvalue weighted by atomic mass is 32.2. The minimum Gasteiger partial charge on any atom is -0.320 e. The molecule has 3 rings (SSSR count). The number of aromatic nitrogens is 1. The summed E-state index contributed by atoms with van der Waals surface area (Å²) in [4.78, 5) is 5.77. The van der Waals surface area contributed by atoms with Crippen molar-refractivity contribution in [1.82, 2.24) is 8.87 Å². The van der Waals surface area contributed by atoms with E-state index in [9.17, 15) is 8.42 Å². The van der Waals surface area contributed by atoms with Crippen molar-refractivity contribution in [2.24, 2.45) is 12.0 Å². The zero-order chi connectivity index (χ0) is 18.0. The van der Waals surface area contributed by atoms with Gasteiger partial charge in [-0.05, 0) is 24.3 Å². The van der Waals surface area contributed by atoms with Gasteiger partial charge in [0, 0.05) is 32.1 Å². The molecule has 0 saturated heterocycles. The van der Waals surface area contributed by atoms with E-state index < -0.39 is 10.0 Å². The molecule has 0 bridgehead atoms. The highest BCUT2D eigenvalue weighted by molar-refractivity contribution is 7.89. The first kappa shape index (κ1) is 17.6. The lowest BCUT2D eigenvalue weighted by molar-refractivity contribution is 0.521. The van der Waals surface area contributed by atoms with Crippen LogP contribution in [0.15, 0.2) is 69.9 Å². The Morgan fingerprint density at radius 2 is 1.76 bits per heavy atom. The quantitative estimate of drug-likeness (QED) is 0.705. The molecule has 0 radical (unpaired) electrons. The highest BCUT2D eigenvalue weighted by Gasteiger charge is 2.18. The fourth-order valence-corrected chi connectivity index (χ4v) is 4.25. The molecule has 0 aliphatic rings. The van der Waals surface area contributed by atoms with Gasteiger partial charge in [0.15, 0.2) is 4.80 Å². The second-order valence-electron chi connectivity index (χ2n) is 5.73. The second-order valence-corrected chi connectivity index (χ2v) is 8.71. The van der Waals surface area contributed by atoms with Gasteiger partial charge in [-0.1, -0.05) is 30.3 Å². The minimum absolute atomic E-state index is 0.280. The monoisotopic (exact) mass is 373 g/mol. The summed E-state index contributed by atoms with van der Waals surface area (Å²) in [7, 11) is 1.54. The summed E-state index contributed by atoms with van der Waals surface area (Å²) in [6.07, 6.45) is 0. The first-order chi connectivity index (χ1) is 11.9. The summed E-state index contributed by atoms with van der Waals surface area (Å²) in [6.45, 7) is 0. The van der Waals surface area contributed by atoms with E-state index in [2.05, 4.69) is 4.99 Å². The van der Waals surface area contributed by atoms with Crippen molar-refractivity contribution in [1.29, 1.82) is 0 Å². The molecule has 7 heteroatoms. The maximum atomic E-state index is 12.4. The van der Waals surface area contributed by atoms with Crippen molar-refractivity contribution in [3.8, 4) is 11.3 Å². The van der Waals surface area contributed by atoms with Crippen molar-refractivity contribution in [2.75, 3.05) is 14.1 Å². The van der Waals surface area contributed by atoms with Crippen LogP contribution in [0.1, 0.15) is 0 Å². The average molecular weight is 374 g/mol. The Labute approximate surface area is 151 Å². The van der Waals surface area contributed by atoms with Crippen LogP contribution in [-0.2, 0) is 17.1 Å². The number of hydrogen-bond acceptors (Lipinski definition) is 4. The highest BCUT2D eigenvalue weighted by Crippen LogP contribution is 2.24. The first-order valence-electron chi connectivity index (χ1n) is 7.67. The number of para-hydroxylation sites is 1. The van der Waals surface area contributed by atoms with Crippen molar-refractivity contribution in [3.63, 3.8) is 0 Å². The maximum Gasteiger partial charge on any atom is 0.242 e. The Morgan fingerprint density at radius 3 is 2.44 bits per heavy atom. The van der Waals surface area contributed by atoms with E-state index in [4.69, 9.17) is 0 Å². The molecule has 0 aliphatic carbocycles. The zero-order valence-electron chi connectivity index (χ0n) is 14.2. The third-order valence-corrected chi connectivity index (χ3v) is 6.54. The molecule has 0 unspecified atom stereocenters. The van der Waals surface area contributed by atoms with Crippen LogP contribution in [0.25, 0.3) is 11.3 Å². The normalized spacial score (nSPS) is 12.7. The molecule has 1 aromatic heterocycles. The molecule has 0 amide bonds. The maximum absolute atomic E-state index is 12.4. The molecule has 2 aromatic carbocycles. The third kappa shape index (κ3) is 3.58. The summed E-state index contributed by atoms with van der Waals surface area (Å²) >= 11 is 1.52. The van der Waals surface area contributed by atoms with Crippen LogP contribution < -0.4 is 4.80 Å².